The minimum atomic E-state index is -4.08. The molecule has 0 unspecified atom stereocenters. The second-order valence-electron chi connectivity index (χ2n) is 4.66. The molecule has 6 nitrogen and oxygen atoms in total. The molecule has 0 aliphatic heterocycles. The first-order chi connectivity index (χ1) is 10.7. The lowest BCUT2D eigenvalue weighted by molar-refractivity contribution is -0.119. The van der Waals surface area contributed by atoms with E-state index in [2.05, 4.69) is 5.32 Å². The largest absolute Gasteiger partial charge is 0.385 e. The molecule has 1 aromatic carbocycles. The van der Waals surface area contributed by atoms with Gasteiger partial charge in [0, 0.05) is 20.3 Å². The number of ether oxygens (including phenoxy) is 1. The summed E-state index contributed by atoms with van der Waals surface area (Å²) in [5, 5.41) is 2.42. The molecule has 0 aromatic heterocycles. The summed E-state index contributed by atoms with van der Waals surface area (Å²) < 4.78 is 68.6. The van der Waals surface area contributed by atoms with Crippen molar-refractivity contribution in [2.45, 2.75) is 6.42 Å². The molecule has 0 aliphatic carbocycles. The van der Waals surface area contributed by atoms with Crippen LogP contribution in [0.15, 0.2) is 12.1 Å². The minimum absolute atomic E-state index is 0.227. The zero-order chi connectivity index (χ0) is 17.6. The topological polar surface area (TPSA) is 75.7 Å². The van der Waals surface area contributed by atoms with E-state index in [4.69, 9.17) is 4.74 Å². The lowest BCUT2D eigenvalue weighted by Crippen LogP contribution is -2.41. The van der Waals surface area contributed by atoms with Crippen LogP contribution in [0.3, 0.4) is 0 Å². The standard InChI is InChI=1S/C13H17F3N2O4S/c1-22-7-3-6-17-11(19)8-18(23(2,20)21)10-5-4-9(14)12(15)13(10)16/h4-5H,3,6-8H2,1-2H3,(H,17,19). The van der Waals surface area contributed by atoms with Gasteiger partial charge < -0.3 is 10.1 Å². The second kappa shape index (κ2) is 8.16. The van der Waals surface area contributed by atoms with Gasteiger partial charge in [-0.15, -0.1) is 0 Å². The molecule has 23 heavy (non-hydrogen) atoms. The van der Waals surface area contributed by atoms with Crippen LogP contribution in [0.5, 0.6) is 0 Å². The van der Waals surface area contributed by atoms with E-state index < -0.39 is 45.6 Å². The van der Waals surface area contributed by atoms with Crippen LogP contribution in [0.1, 0.15) is 6.42 Å². The molecule has 0 spiro atoms. The van der Waals surface area contributed by atoms with E-state index in [9.17, 15) is 26.4 Å². The number of rotatable bonds is 8. The van der Waals surface area contributed by atoms with Gasteiger partial charge in [0.05, 0.1) is 11.9 Å². The van der Waals surface area contributed by atoms with Crippen molar-refractivity contribution in [1.82, 2.24) is 5.32 Å². The highest BCUT2D eigenvalue weighted by molar-refractivity contribution is 7.92. The summed E-state index contributed by atoms with van der Waals surface area (Å²) in [6, 6.07) is 1.34. The van der Waals surface area contributed by atoms with Crippen LogP contribution in [0.2, 0.25) is 0 Å². The summed E-state index contributed by atoms with van der Waals surface area (Å²) in [4.78, 5) is 11.8. The minimum Gasteiger partial charge on any atom is -0.385 e. The summed E-state index contributed by atoms with van der Waals surface area (Å²) in [5.74, 6) is -5.65. The monoisotopic (exact) mass is 354 g/mol. The number of benzene rings is 1. The number of nitrogens with one attached hydrogen (secondary N) is 1. The highest BCUT2D eigenvalue weighted by atomic mass is 32.2. The van der Waals surface area contributed by atoms with E-state index in [1.807, 2.05) is 0 Å². The molecule has 1 amide bonds. The van der Waals surface area contributed by atoms with E-state index in [-0.39, 0.29) is 6.54 Å². The average Bonchev–Trinajstić information content (AvgIpc) is 2.47. The highest BCUT2D eigenvalue weighted by Gasteiger charge is 2.26. The molecule has 0 heterocycles. The molecule has 1 aromatic rings. The van der Waals surface area contributed by atoms with Crippen LogP contribution in [0, 0.1) is 17.5 Å². The smallest absolute Gasteiger partial charge is 0.240 e. The number of methoxy groups -OCH3 is 1. The van der Waals surface area contributed by atoms with E-state index in [1.165, 1.54) is 7.11 Å². The maximum Gasteiger partial charge on any atom is 0.240 e. The highest BCUT2D eigenvalue weighted by Crippen LogP contribution is 2.25. The average molecular weight is 354 g/mol. The fraction of sp³-hybridized carbons (Fsp3) is 0.462. The maximum absolute atomic E-state index is 13.8. The van der Waals surface area contributed by atoms with Crippen LogP contribution < -0.4 is 9.62 Å². The van der Waals surface area contributed by atoms with Crippen molar-refractivity contribution in [2.24, 2.45) is 0 Å². The number of carbonyl (C=O) groups is 1. The van der Waals surface area contributed by atoms with Crippen LogP contribution in [0.4, 0.5) is 18.9 Å². The Bertz CT molecular complexity index is 667. The van der Waals surface area contributed by atoms with Gasteiger partial charge in [-0.1, -0.05) is 0 Å². The number of hydrogen-bond donors (Lipinski definition) is 1. The summed E-state index contributed by atoms with van der Waals surface area (Å²) in [7, 11) is -2.60. The fourth-order valence-corrected chi connectivity index (χ4v) is 2.57. The van der Waals surface area contributed by atoms with Crippen LogP contribution in [-0.2, 0) is 19.6 Å². The molecule has 0 saturated carbocycles. The summed E-state index contributed by atoms with van der Waals surface area (Å²) in [5.41, 5.74) is -0.738. The Balaban J connectivity index is 2.95. The van der Waals surface area contributed by atoms with Gasteiger partial charge in [0.15, 0.2) is 17.5 Å². The summed E-state index contributed by atoms with van der Waals surface area (Å²) >= 11 is 0. The zero-order valence-electron chi connectivity index (χ0n) is 12.6. The van der Waals surface area contributed by atoms with Gasteiger partial charge in [-0.05, 0) is 18.6 Å². The maximum atomic E-state index is 13.8. The predicted octanol–water partition coefficient (Wildman–Crippen LogP) is 1.02. The van der Waals surface area contributed by atoms with Crippen molar-refractivity contribution < 1.29 is 31.1 Å². The SMILES string of the molecule is COCCCNC(=O)CN(c1ccc(F)c(F)c1F)S(C)(=O)=O. The molecule has 0 aliphatic rings. The van der Waals surface area contributed by atoms with Gasteiger partial charge in [-0.25, -0.2) is 21.6 Å². The lowest BCUT2D eigenvalue weighted by atomic mass is 10.2. The van der Waals surface area contributed by atoms with E-state index in [0.717, 1.165) is 12.3 Å². The first-order valence-corrected chi connectivity index (χ1v) is 8.40. The fourth-order valence-electron chi connectivity index (χ4n) is 1.72. The van der Waals surface area contributed by atoms with E-state index in [1.54, 1.807) is 0 Å². The van der Waals surface area contributed by atoms with E-state index in [0.29, 0.717) is 23.4 Å². The molecule has 0 atom stereocenters. The van der Waals surface area contributed by atoms with Crippen LogP contribution >= 0.6 is 0 Å². The Morgan fingerprint density at radius 1 is 1.26 bits per heavy atom. The number of anilines is 1. The lowest BCUT2D eigenvalue weighted by Gasteiger charge is -2.22. The predicted molar refractivity (Wildman–Crippen MR) is 78.0 cm³/mol. The molecule has 0 bridgehead atoms. The third-order valence-electron chi connectivity index (χ3n) is 2.82. The quantitative estimate of drug-likeness (QED) is 0.559. The van der Waals surface area contributed by atoms with Crippen molar-refractivity contribution in [1.29, 1.82) is 0 Å². The van der Waals surface area contributed by atoms with E-state index >= 15 is 0 Å². The summed E-state index contributed by atoms with van der Waals surface area (Å²) in [6.45, 7) is -0.133. The Morgan fingerprint density at radius 2 is 1.91 bits per heavy atom. The number of nitrogens with zero attached hydrogens (tertiary/aromatic N) is 1. The van der Waals surface area contributed by atoms with Crippen molar-refractivity contribution in [2.75, 3.05) is 37.4 Å². The number of hydrogen-bond acceptors (Lipinski definition) is 4. The Morgan fingerprint density at radius 3 is 2.48 bits per heavy atom. The first kappa shape index (κ1) is 19.2. The van der Waals surface area contributed by atoms with Gasteiger partial charge in [-0.2, -0.15) is 0 Å². The van der Waals surface area contributed by atoms with Crippen molar-refractivity contribution in [3.63, 3.8) is 0 Å². The van der Waals surface area contributed by atoms with Crippen molar-refractivity contribution >= 4 is 21.6 Å². The van der Waals surface area contributed by atoms with Crippen LogP contribution in [0.25, 0.3) is 0 Å². The molecule has 0 saturated heterocycles. The van der Waals surface area contributed by atoms with Gasteiger partial charge in [0.2, 0.25) is 15.9 Å². The third-order valence-corrected chi connectivity index (χ3v) is 3.94. The molecule has 1 rings (SSSR count). The Kier molecular flexibility index (Phi) is 6.82. The summed E-state index contributed by atoms with van der Waals surface area (Å²) in [6.07, 6.45) is 1.23. The normalized spacial score (nSPS) is 11.3. The molecular weight excluding hydrogens is 337 g/mol. The van der Waals surface area contributed by atoms with Crippen molar-refractivity contribution in [3.05, 3.63) is 29.6 Å². The van der Waals surface area contributed by atoms with Crippen molar-refractivity contribution in [3.8, 4) is 0 Å². The molecule has 0 fully saturated rings. The molecule has 1 N–H and O–H groups in total. The second-order valence-corrected chi connectivity index (χ2v) is 6.57. The van der Waals surface area contributed by atoms with Gasteiger partial charge in [0.25, 0.3) is 0 Å². The van der Waals surface area contributed by atoms with Gasteiger partial charge in [0.1, 0.15) is 6.54 Å². The number of sulfonamides is 1. The Labute approximate surface area is 132 Å². The van der Waals surface area contributed by atoms with Crippen LogP contribution in [-0.4, -0.2) is 47.4 Å². The number of carbonyl (C=O) groups excluding carboxylic acids is 1. The third kappa shape index (κ3) is 5.39. The first-order valence-electron chi connectivity index (χ1n) is 6.55. The number of amides is 1. The van der Waals surface area contributed by atoms with Gasteiger partial charge in [-0.3, -0.25) is 9.10 Å². The molecule has 10 heteroatoms. The number of halogens is 3. The van der Waals surface area contributed by atoms with Gasteiger partial charge >= 0.3 is 0 Å². The molecule has 130 valence electrons. The molecular formula is C13H17F3N2O4S. The Hall–Kier alpha value is -1.81. The molecule has 0 radical (unpaired) electrons. The zero-order valence-corrected chi connectivity index (χ0v) is 13.4.